The largest absolute Gasteiger partial charge is 0.497 e. The molecule has 7 nitrogen and oxygen atoms in total. The van der Waals surface area contributed by atoms with Crippen LogP contribution in [0.15, 0.2) is 53.7 Å². The molecular formula is C21H22ClN5O2S. The lowest BCUT2D eigenvalue weighted by molar-refractivity contribution is -0.116. The van der Waals surface area contributed by atoms with Crippen molar-refractivity contribution in [3.63, 3.8) is 0 Å². The van der Waals surface area contributed by atoms with E-state index >= 15 is 0 Å². The number of amides is 1. The molecule has 9 heteroatoms. The van der Waals surface area contributed by atoms with Crippen molar-refractivity contribution in [3.05, 3.63) is 64.9 Å². The Labute approximate surface area is 184 Å². The number of aryl methyl sites for hydroxylation is 1. The minimum atomic E-state index is -0.455. The quantitative estimate of drug-likeness (QED) is 0.591. The molecule has 0 aliphatic carbocycles. The van der Waals surface area contributed by atoms with Crippen LogP contribution in [-0.2, 0) is 11.2 Å². The smallest absolute Gasteiger partial charge is 0.240 e. The molecule has 156 valence electrons. The zero-order chi connectivity index (χ0) is 21.1. The number of hydrogen-bond donors (Lipinski definition) is 2. The van der Waals surface area contributed by atoms with E-state index in [9.17, 15) is 4.79 Å². The number of hydrogen-bond acceptors (Lipinski definition) is 6. The molecule has 4 rings (SSSR count). The summed E-state index contributed by atoms with van der Waals surface area (Å²) in [6.07, 6.45) is 1.76. The zero-order valence-corrected chi connectivity index (χ0v) is 18.2. The number of fused-ring (bicyclic) bond motifs is 1. The minimum Gasteiger partial charge on any atom is -0.497 e. The molecule has 0 saturated heterocycles. The van der Waals surface area contributed by atoms with Crippen molar-refractivity contribution in [2.75, 3.05) is 17.9 Å². The predicted molar refractivity (Wildman–Crippen MR) is 119 cm³/mol. The molecule has 2 N–H and O–H groups in total. The highest BCUT2D eigenvalue weighted by atomic mass is 35.5. The molecule has 1 aromatic heterocycles. The van der Waals surface area contributed by atoms with Gasteiger partial charge in [0.05, 0.1) is 13.2 Å². The first-order valence-electron chi connectivity index (χ1n) is 9.67. The fourth-order valence-corrected chi connectivity index (χ4v) is 4.61. The normalized spacial score (nSPS) is 17.7. The van der Waals surface area contributed by atoms with Crippen molar-refractivity contribution >= 4 is 35.0 Å². The Bertz CT molecular complexity index is 1040. The maximum Gasteiger partial charge on any atom is 0.240 e. The molecule has 0 radical (unpaired) electrons. The summed E-state index contributed by atoms with van der Waals surface area (Å²) < 4.78 is 7.17. The number of rotatable bonds is 6. The van der Waals surface area contributed by atoms with Gasteiger partial charge in [0.1, 0.15) is 11.0 Å². The number of nitrogens with one attached hydrogen (secondary N) is 2. The first kappa shape index (κ1) is 20.6. The van der Waals surface area contributed by atoms with Gasteiger partial charge in [-0.25, -0.2) is 4.68 Å². The fourth-order valence-electron chi connectivity index (χ4n) is 3.33. The number of thioether (sulfide) groups is 1. The van der Waals surface area contributed by atoms with Crippen LogP contribution in [0.3, 0.4) is 0 Å². The average Bonchev–Trinajstić information content (AvgIpc) is 3.15. The van der Waals surface area contributed by atoms with Gasteiger partial charge in [0.25, 0.3) is 0 Å². The van der Waals surface area contributed by atoms with Gasteiger partial charge in [0.15, 0.2) is 5.82 Å². The van der Waals surface area contributed by atoms with E-state index in [1.807, 2.05) is 35.0 Å². The monoisotopic (exact) mass is 443 g/mol. The molecule has 0 saturated carbocycles. The minimum absolute atomic E-state index is 0.137. The van der Waals surface area contributed by atoms with Crippen LogP contribution >= 0.6 is 23.4 Å². The zero-order valence-electron chi connectivity index (χ0n) is 16.6. The Hall–Kier alpha value is -2.71. The molecule has 0 bridgehead atoms. The van der Waals surface area contributed by atoms with Gasteiger partial charge in [-0.1, -0.05) is 48.5 Å². The second-order valence-corrected chi connectivity index (χ2v) is 8.45. The summed E-state index contributed by atoms with van der Waals surface area (Å²) in [4.78, 5) is 13.2. The number of carbonyl (C=O) groups excluding carboxylic acids is 1. The van der Waals surface area contributed by atoms with E-state index in [0.29, 0.717) is 15.9 Å². The number of ether oxygens (including phenoxy) is 1. The van der Waals surface area contributed by atoms with Crippen LogP contribution in [0.5, 0.6) is 5.75 Å². The molecule has 2 aromatic carbocycles. The van der Waals surface area contributed by atoms with Gasteiger partial charge in [-0.15, -0.1) is 10.2 Å². The highest BCUT2D eigenvalue weighted by molar-refractivity contribution is 8.00. The topological polar surface area (TPSA) is 81.1 Å². The van der Waals surface area contributed by atoms with Crippen LogP contribution in [0, 0.1) is 0 Å². The second kappa shape index (κ2) is 8.97. The number of aromatic nitrogens is 3. The highest BCUT2D eigenvalue weighted by Crippen LogP contribution is 2.38. The van der Waals surface area contributed by atoms with E-state index in [1.165, 1.54) is 11.8 Å². The Morgan fingerprint density at radius 3 is 2.77 bits per heavy atom. The van der Waals surface area contributed by atoms with Gasteiger partial charge in [-0.3, -0.25) is 4.79 Å². The molecule has 1 amide bonds. The third-order valence-corrected chi connectivity index (χ3v) is 6.25. The Morgan fingerprint density at radius 1 is 1.27 bits per heavy atom. The van der Waals surface area contributed by atoms with E-state index in [2.05, 4.69) is 27.9 Å². The first-order chi connectivity index (χ1) is 14.6. The number of nitrogens with zero attached hydrogens (tertiary/aromatic N) is 3. The van der Waals surface area contributed by atoms with Crippen LogP contribution in [0.4, 0.5) is 5.69 Å². The average molecular weight is 444 g/mol. The summed E-state index contributed by atoms with van der Waals surface area (Å²) in [6.45, 7) is 2.10. The van der Waals surface area contributed by atoms with Gasteiger partial charge < -0.3 is 15.5 Å². The fraction of sp³-hybridized carbons (Fsp3) is 0.286. The molecule has 30 heavy (non-hydrogen) atoms. The van der Waals surface area contributed by atoms with E-state index in [1.54, 1.807) is 25.3 Å². The Morgan fingerprint density at radius 2 is 2.07 bits per heavy atom. The molecule has 0 fully saturated rings. The van der Waals surface area contributed by atoms with Crippen molar-refractivity contribution in [1.29, 1.82) is 0 Å². The van der Waals surface area contributed by atoms with Crippen molar-refractivity contribution in [3.8, 4) is 5.75 Å². The predicted octanol–water partition coefficient (Wildman–Crippen LogP) is 4.29. The van der Waals surface area contributed by atoms with Crippen molar-refractivity contribution in [2.24, 2.45) is 0 Å². The standard InChI is InChI=1S/C21H22ClN5O2S/c1-3-5-17-24-25-21-27(17)26-18(13-8-10-16(29-2)11-9-13)19(30-21)20(28)23-15-7-4-6-14(22)12-15/h4,6-12,18-19,26H,3,5H2,1-2H3,(H,23,28)/t18-,19+/m0/s1. The molecule has 0 unspecified atom stereocenters. The maximum absolute atomic E-state index is 13.2. The summed E-state index contributed by atoms with van der Waals surface area (Å²) in [7, 11) is 1.63. The molecule has 0 spiro atoms. The molecule has 2 atom stereocenters. The van der Waals surface area contributed by atoms with E-state index in [0.717, 1.165) is 30.0 Å². The van der Waals surface area contributed by atoms with Crippen molar-refractivity contribution in [2.45, 2.75) is 36.2 Å². The van der Waals surface area contributed by atoms with Crippen LogP contribution in [0.25, 0.3) is 0 Å². The van der Waals surface area contributed by atoms with Gasteiger partial charge >= 0.3 is 0 Å². The number of anilines is 1. The number of methoxy groups -OCH3 is 1. The van der Waals surface area contributed by atoms with Crippen LogP contribution in [-0.4, -0.2) is 33.1 Å². The number of halogens is 1. The molecular weight excluding hydrogens is 422 g/mol. The van der Waals surface area contributed by atoms with Crippen LogP contribution in [0.2, 0.25) is 5.02 Å². The third kappa shape index (κ3) is 4.24. The van der Waals surface area contributed by atoms with Crippen LogP contribution in [0.1, 0.15) is 30.8 Å². The van der Waals surface area contributed by atoms with Gasteiger partial charge in [0.2, 0.25) is 11.1 Å². The first-order valence-corrected chi connectivity index (χ1v) is 10.9. The van der Waals surface area contributed by atoms with E-state index in [4.69, 9.17) is 16.3 Å². The Balaban J connectivity index is 1.66. The third-order valence-electron chi connectivity index (χ3n) is 4.80. The van der Waals surface area contributed by atoms with Gasteiger partial charge in [-0.05, 0) is 42.3 Å². The van der Waals surface area contributed by atoms with Crippen molar-refractivity contribution in [1.82, 2.24) is 14.9 Å². The number of carbonyl (C=O) groups is 1. The second-order valence-electron chi connectivity index (χ2n) is 6.90. The molecule has 3 aromatic rings. The molecule has 1 aliphatic heterocycles. The highest BCUT2D eigenvalue weighted by Gasteiger charge is 2.37. The SMILES string of the molecule is CCCc1nnc2n1N[C@@H](c1ccc(OC)cc1)[C@H](C(=O)Nc1cccc(Cl)c1)S2. The summed E-state index contributed by atoms with van der Waals surface area (Å²) in [5, 5.41) is 12.3. The molecule has 1 aliphatic rings. The Kier molecular flexibility index (Phi) is 6.15. The van der Waals surface area contributed by atoms with E-state index in [-0.39, 0.29) is 11.9 Å². The number of benzene rings is 2. The molecule has 2 heterocycles. The van der Waals surface area contributed by atoms with Gasteiger partial charge in [-0.2, -0.15) is 0 Å². The summed E-state index contributed by atoms with van der Waals surface area (Å²) in [5.41, 5.74) is 5.08. The lowest BCUT2D eigenvalue weighted by atomic mass is 10.0. The lowest BCUT2D eigenvalue weighted by Gasteiger charge is -2.33. The van der Waals surface area contributed by atoms with Crippen LogP contribution < -0.4 is 15.5 Å². The summed E-state index contributed by atoms with van der Waals surface area (Å²) in [6, 6.07) is 14.5. The summed E-state index contributed by atoms with van der Waals surface area (Å²) >= 11 is 7.46. The summed E-state index contributed by atoms with van der Waals surface area (Å²) in [5.74, 6) is 1.48. The maximum atomic E-state index is 13.2. The van der Waals surface area contributed by atoms with Crippen molar-refractivity contribution < 1.29 is 9.53 Å². The van der Waals surface area contributed by atoms with E-state index < -0.39 is 5.25 Å². The lowest BCUT2D eigenvalue weighted by Crippen LogP contribution is -2.41. The van der Waals surface area contributed by atoms with Gasteiger partial charge in [0, 0.05) is 17.1 Å².